The fourth-order valence-corrected chi connectivity index (χ4v) is 5.58. The number of benzene rings is 2. The summed E-state index contributed by atoms with van der Waals surface area (Å²) in [6, 6.07) is 11.2. The Labute approximate surface area is 248 Å². The Kier molecular flexibility index (Phi) is 9.27. The van der Waals surface area contributed by atoms with Gasteiger partial charge in [-0.3, -0.25) is 9.78 Å². The minimum absolute atomic E-state index is 0.0215. The highest BCUT2D eigenvalue weighted by molar-refractivity contribution is 6.11. The van der Waals surface area contributed by atoms with E-state index < -0.39 is 17.6 Å². The van der Waals surface area contributed by atoms with Gasteiger partial charge in [0.15, 0.2) is 0 Å². The van der Waals surface area contributed by atoms with Crippen molar-refractivity contribution in [2.75, 3.05) is 38.2 Å². The summed E-state index contributed by atoms with van der Waals surface area (Å²) in [7, 11) is 0. The minimum atomic E-state index is -4.33. The molecule has 2 aromatic heterocycles. The van der Waals surface area contributed by atoms with Crippen LogP contribution in [0.15, 0.2) is 60.4 Å². The highest BCUT2D eigenvalue weighted by Crippen LogP contribution is 2.40. The van der Waals surface area contributed by atoms with Gasteiger partial charge in [-0.25, -0.2) is 4.98 Å². The molecule has 2 heterocycles. The van der Waals surface area contributed by atoms with E-state index in [0.717, 1.165) is 52.7 Å². The number of carbonyl (C=O) groups excluding carboxylic acids is 1. The zero-order valence-electron chi connectivity index (χ0n) is 24.3. The monoisotopic (exact) mass is 591 g/mol. The maximum atomic E-state index is 13.2. The zero-order valence-corrected chi connectivity index (χ0v) is 24.3. The number of amides is 1. The number of nitrogens with one attached hydrogen (secondary N) is 2. The van der Waals surface area contributed by atoms with Crippen molar-refractivity contribution in [3.8, 4) is 0 Å². The van der Waals surface area contributed by atoms with Crippen LogP contribution in [0.4, 0.5) is 19.0 Å². The van der Waals surface area contributed by atoms with Crippen LogP contribution in [0.3, 0.4) is 0 Å². The van der Waals surface area contributed by atoms with Gasteiger partial charge in [-0.1, -0.05) is 37.6 Å². The van der Waals surface area contributed by atoms with E-state index in [0.29, 0.717) is 43.2 Å². The van der Waals surface area contributed by atoms with Crippen LogP contribution in [0.1, 0.15) is 59.7 Å². The van der Waals surface area contributed by atoms with Crippen molar-refractivity contribution < 1.29 is 22.7 Å². The fourth-order valence-electron chi connectivity index (χ4n) is 5.58. The van der Waals surface area contributed by atoms with Crippen LogP contribution < -0.4 is 16.4 Å². The maximum Gasteiger partial charge on any atom is 0.416 e. The second kappa shape index (κ2) is 13.1. The molecule has 1 amide bonds. The molecule has 0 saturated heterocycles. The lowest BCUT2D eigenvalue weighted by Crippen LogP contribution is -2.25. The van der Waals surface area contributed by atoms with Crippen LogP contribution in [0.2, 0.25) is 0 Å². The van der Waals surface area contributed by atoms with Gasteiger partial charge in [-0.2, -0.15) is 13.2 Å². The number of alkyl halides is 3. The number of anilines is 1. The second-order valence-electron chi connectivity index (χ2n) is 11.0. The molecule has 0 saturated carbocycles. The van der Waals surface area contributed by atoms with Gasteiger partial charge in [0.05, 0.1) is 17.7 Å². The first-order valence-electron chi connectivity index (χ1n) is 14.5. The van der Waals surface area contributed by atoms with E-state index in [4.69, 9.17) is 15.5 Å². The van der Waals surface area contributed by atoms with E-state index in [1.54, 1.807) is 30.6 Å². The fraction of sp³-hybridized carbons (Fsp3) is 0.364. The molecule has 1 unspecified atom stereocenters. The molecule has 7 nitrogen and oxygen atoms in total. The normalized spacial score (nSPS) is 16.7. The third-order valence-corrected chi connectivity index (χ3v) is 8.22. The molecule has 0 aliphatic heterocycles. The van der Waals surface area contributed by atoms with E-state index in [1.807, 2.05) is 25.1 Å². The lowest BCUT2D eigenvalue weighted by molar-refractivity contribution is -0.137. The van der Waals surface area contributed by atoms with Gasteiger partial charge in [-0.05, 0) is 72.7 Å². The maximum absolute atomic E-state index is 13.2. The van der Waals surface area contributed by atoms with E-state index in [9.17, 15) is 18.0 Å². The summed E-state index contributed by atoms with van der Waals surface area (Å²) in [6.07, 6.45) is 3.06. The Balaban J connectivity index is 1.05. The summed E-state index contributed by atoms with van der Waals surface area (Å²) in [4.78, 5) is 20.6. The quantitative estimate of drug-likeness (QED) is 0.128. The highest BCUT2D eigenvalue weighted by atomic mass is 19.4. The van der Waals surface area contributed by atoms with Gasteiger partial charge in [0, 0.05) is 53.8 Å². The van der Waals surface area contributed by atoms with Crippen LogP contribution in [-0.4, -0.2) is 48.7 Å². The SMILES string of the molecule is CC1C(CNCCCCOCCNc2nc3cc(C(N)=O)ccc3c3cnccc23)=Cc2ccc(C(F)(F)F)cc2[C@H]1C. The minimum Gasteiger partial charge on any atom is -0.380 e. The molecule has 0 bridgehead atoms. The van der Waals surface area contributed by atoms with Gasteiger partial charge in [0.25, 0.3) is 0 Å². The van der Waals surface area contributed by atoms with Crippen molar-refractivity contribution >= 4 is 39.5 Å². The predicted octanol–water partition coefficient (Wildman–Crippen LogP) is 6.54. The zero-order chi connectivity index (χ0) is 30.6. The number of halogens is 3. The summed E-state index contributed by atoms with van der Waals surface area (Å²) in [5, 5.41) is 9.60. The molecule has 43 heavy (non-hydrogen) atoms. The Morgan fingerprint density at radius 2 is 1.81 bits per heavy atom. The Morgan fingerprint density at radius 1 is 0.977 bits per heavy atom. The average molecular weight is 592 g/mol. The number of aromatic nitrogens is 2. The van der Waals surface area contributed by atoms with Crippen molar-refractivity contribution in [1.82, 2.24) is 15.3 Å². The molecule has 5 rings (SSSR count). The molecule has 10 heteroatoms. The molecule has 1 aliphatic rings. The molecule has 0 radical (unpaired) electrons. The number of hydrogen-bond acceptors (Lipinski definition) is 6. The number of nitrogens with zero attached hydrogens (tertiary/aromatic N) is 2. The van der Waals surface area contributed by atoms with Crippen LogP contribution in [0.25, 0.3) is 27.8 Å². The van der Waals surface area contributed by atoms with Crippen LogP contribution in [-0.2, 0) is 10.9 Å². The molecule has 4 N–H and O–H groups in total. The third-order valence-electron chi connectivity index (χ3n) is 8.22. The number of rotatable bonds is 12. The molecule has 0 fully saturated rings. The van der Waals surface area contributed by atoms with Crippen molar-refractivity contribution in [2.45, 2.75) is 38.8 Å². The Morgan fingerprint density at radius 3 is 2.60 bits per heavy atom. The van der Waals surface area contributed by atoms with Gasteiger partial charge in [-0.15, -0.1) is 0 Å². The van der Waals surface area contributed by atoms with Crippen LogP contribution >= 0.6 is 0 Å². The molecule has 1 aliphatic carbocycles. The first-order chi connectivity index (χ1) is 20.6. The number of hydrogen-bond donors (Lipinski definition) is 3. The molecule has 4 aromatic rings. The standard InChI is InChI=1S/C33H36F3N5O2/c1-20-21(2)28-17-25(33(34,35)36)7-5-22(28)15-24(20)18-38-10-3-4-13-43-14-12-40-32-27-9-11-39-19-29(27)26-8-6-23(31(37)42)16-30(26)41-32/h5-9,11,15-17,19-21,38H,3-4,10,12-14,18H2,1-2H3,(H2,37,42)(H,40,41)/t20?,21-/m0/s1. The summed E-state index contributed by atoms with van der Waals surface area (Å²) >= 11 is 0. The molecule has 2 atom stereocenters. The second-order valence-corrected chi connectivity index (χ2v) is 11.0. The van der Waals surface area contributed by atoms with Gasteiger partial charge in [0.2, 0.25) is 5.91 Å². The largest absolute Gasteiger partial charge is 0.416 e. The topological polar surface area (TPSA) is 102 Å². The van der Waals surface area contributed by atoms with Crippen molar-refractivity contribution in [2.24, 2.45) is 11.7 Å². The summed E-state index contributed by atoms with van der Waals surface area (Å²) < 4.78 is 45.3. The Hall–Kier alpha value is -4.02. The molecular weight excluding hydrogens is 555 g/mol. The van der Waals surface area contributed by atoms with Crippen molar-refractivity contribution in [1.29, 1.82) is 0 Å². The van der Waals surface area contributed by atoms with Crippen LogP contribution in [0, 0.1) is 5.92 Å². The number of unbranched alkanes of at least 4 members (excludes halogenated alkanes) is 1. The summed E-state index contributed by atoms with van der Waals surface area (Å²) in [5.74, 6) is 0.381. The molecule has 226 valence electrons. The van der Waals surface area contributed by atoms with E-state index in [1.165, 1.54) is 11.6 Å². The van der Waals surface area contributed by atoms with Gasteiger partial charge >= 0.3 is 6.18 Å². The van der Waals surface area contributed by atoms with E-state index >= 15 is 0 Å². The van der Waals surface area contributed by atoms with Crippen molar-refractivity contribution in [3.05, 3.63) is 82.7 Å². The third kappa shape index (κ3) is 6.97. The highest BCUT2D eigenvalue weighted by Gasteiger charge is 2.33. The number of fused-ring (bicyclic) bond motifs is 4. The predicted molar refractivity (Wildman–Crippen MR) is 164 cm³/mol. The summed E-state index contributed by atoms with van der Waals surface area (Å²) in [5.41, 5.74) is 8.77. The molecular formula is C33H36F3N5O2. The Bertz CT molecular complexity index is 1650. The summed E-state index contributed by atoms with van der Waals surface area (Å²) in [6.45, 7) is 7.33. The number of pyridine rings is 2. The lowest BCUT2D eigenvalue weighted by atomic mass is 9.76. The molecule has 0 spiro atoms. The van der Waals surface area contributed by atoms with E-state index in [2.05, 4.69) is 22.5 Å². The van der Waals surface area contributed by atoms with Crippen LogP contribution in [0.5, 0.6) is 0 Å². The van der Waals surface area contributed by atoms with Gasteiger partial charge in [0.1, 0.15) is 5.82 Å². The number of carbonyl (C=O) groups is 1. The average Bonchev–Trinajstić information content (AvgIpc) is 2.99. The van der Waals surface area contributed by atoms with E-state index in [-0.39, 0.29) is 11.8 Å². The first kappa shape index (κ1) is 30.4. The van der Waals surface area contributed by atoms with Gasteiger partial charge < -0.3 is 21.1 Å². The first-order valence-corrected chi connectivity index (χ1v) is 14.5. The smallest absolute Gasteiger partial charge is 0.380 e. The molecule has 2 aromatic carbocycles. The lowest BCUT2D eigenvalue weighted by Gasteiger charge is -2.30. The number of primary amides is 1. The van der Waals surface area contributed by atoms with Crippen molar-refractivity contribution in [3.63, 3.8) is 0 Å². The number of nitrogens with two attached hydrogens (primary N) is 1. The number of ether oxygens (including phenoxy) is 1.